The lowest BCUT2D eigenvalue weighted by Crippen LogP contribution is -2.53. The predicted molar refractivity (Wildman–Crippen MR) is 46.3 cm³/mol. The van der Waals surface area contributed by atoms with Gasteiger partial charge in [-0.05, 0) is 31.7 Å². The first-order chi connectivity index (χ1) is 5.38. The summed E-state index contributed by atoms with van der Waals surface area (Å²) in [4.78, 5) is 0. The molecule has 0 aromatic heterocycles. The van der Waals surface area contributed by atoms with Crippen LogP contribution in [-0.4, -0.2) is 18.6 Å². The minimum absolute atomic E-state index is 0.488. The van der Waals surface area contributed by atoms with Gasteiger partial charge in [0.1, 0.15) is 0 Å². The zero-order valence-corrected chi connectivity index (χ0v) is 7.05. The molecule has 0 unspecified atom stereocenters. The fourth-order valence-electron chi connectivity index (χ4n) is 2.57. The maximum atomic E-state index is 6.05. The lowest BCUT2D eigenvalue weighted by Gasteiger charge is -2.40. The molecular formula is C9H18N2. The largest absolute Gasteiger partial charge is 0.327 e. The van der Waals surface area contributed by atoms with E-state index in [-0.39, 0.29) is 0 Å². The smallest absolute Gasteiger partial charge is 0.0110 e. The zero-order chi connectivity index (χ0) is 7.68. The van der Waals surface area contributed by atoms with Crippen molar-refractivity contribution >= 4 is 0 Å². The lowest BCUT2D eigenvalue weighted by atomic mass is 9.77. The van der Waals surface area contributed by atoms with Gasteiger partial charge in [0.15, 0.2) is 0 Å². The molecule has 2 fully saturated rings. The van der Waals surface area contributed by atoms with Crippen molar-refractivity contribution in [2.45, 2.75) is 44.2 Å². The molecule has 1 aliphatic heterocycles. The molecule has 64 valence electrons. The summed E-state index contributed by atoms with van der Waals surface area (Å²) in [7, 11) is 0. The van der Waals surface area contributed by atoms with Crippen LogP contribution in [0.1, 0.15) is 32.1 Å². The van der Waals surface area contributed by atoms with E-state index in [1.807, 2.05) is 0 Å². The van der Waals surface area contributed by atoms with Gasteiger partial charge in [-0.1, -0.05) is 12.8 Å². The highest BCUT2D eigenvalue weighted by Crippen LogP contribution is 2.29. The van der Waals surface area contributed by atoms with Crippen molar-refractivity contribution < 1.29 is 0 Å². The molecule has 1 heterocycles. The van der Waals surface area contributed by atoms with Crippen molar-refractivity contribution in [3.05, 3.63) is 0 Å². The topological polar surface area (TPSA) is 38.0 Å². The lowest BCUT2D eigenvalue weighted by molar-refractivity contribution is 0.185. The zero-order valence-electron chi connectivity index (χ0n) is 7.05. The van der Waals surface area contributed by atoms with E-state index in [4.69, 9.17) is 5.73 Å². The highest BCUT2D eigenvalue weighted by molar-refractivity contribution is 4.91. The second-order valence-corrected chi connectivity index (χ2v) is 3.96. The van der Waals surface area contributed by atoms with Gasteiger partial charge in [-0.25, -0.2) is 0 Å². The average Bonchev–Trinajstić information content (AvgIpc) is 2.06. The number of rotatable bonds is 0. The first-order valence-corrected chi connectivity index (χ1v) is 4.87. The summed E-state index contributed by atoms with van der Waals surface area (Å²) in [5.41, 5.74) is 6.05. The molecule has 0 radical (unpaired) electrons. The molecule has 1 saturated carbocycles. The third kappa shape index (κ3) is 1.42. The summed E-state index contributed by atoms with van der Waals surface area (Å²) in [5, 5.41) is 3.57. The van der Waals surface area contributed by atoms with Crippen LogP contribution in [0.15, 0.2) is 0 Å². The Morgan fingerprint density at radius 2 is 1.91 bits per heavy atom. The molecule has 3 atom stereocenters. The number of piperidine rings is 1. The molecule has 1 saturated heterocycles. The summed E-state index contributed by atoms with van der Waals surface area (Å²) in [6, 6.07) is 1.24. The maximum absolute atomic E-state index is 6.05. The first-order valence-electron chi connectivity index (χ1n) is 4.87. The van der Waals surface area contributed by atoms with Gasteiger partial charge in [0.05, 0.1) is 0 Å². The van der Waals surface area contributed by atoms with Gasteiger partial charge in [0, 0.05) is 12.1 Å². The highest BCUT2D eigenvalue weighted by Gasteiger charge is 2.32. The molecule has 2 heteroatoms. The molecule has 3 N–H and O–H groups in total. The van der Waals surface area contributed by atoms with Crippen LogP contribution in [0, 0.1) is 5.92 Å². The fraction of sp³-hybridized carbons (Fsp3) is 1.00. The van der Waals surface area contributed by atoms with E-state index in [1.54, 1.807) is 0 Å². The molecule has 2 rings (SSSR count). The van der Waals surface area contributed by atoms with E-state index in [0.717, 1.165) is 18.5 Å². The molecule has 0 spiro atoms. The summed E-state index contributed by atoms with van der Waals surface area (Å²) >= 11 is 0. The van der Waals surface area contributed by atoms with E-state index >= 15 is 0 Å². The molecular weight excluding hydrogens is 136 g/mol. The predicted octanol–water partition coefficient (Wildman–Crippen LogP) is 0.866. The summed E-state index contributed by atoms with van der Waals surface area (Å²) in [6.45, 7) is 1.14. The minimum Gasteiger partial charge on any atom is -0.327 e. The summed E-state index contributed by atoms with van der Waals surface area (Å²) < 4.78 is 0. The van der Waals surface area contributed by atoms with Crippen molar-refractivity contribution in [1.29, 1.82) is 0 Å². The van der Waals surface area contributed by atoms with E-state index in [2.05, 4.69) is 5.32 Å². The number of hydrogen-bond acceptors (Lipinski definition) is 2. The Bertz CT molecular complexity index is 134. The molecule has 2 aliphatic rings. The number of fused-ring (bicyclic) bond motifs is 1. The molecule has 2 nitrogen and oxygen atoms in total. The third-order valence-corrected chi connectivity index (χ3v) is 3.25. The van der Waals surface area contributed by atoms with Crippen LogP contribution in [0.3, 0.4) is 0 Å². The van der Waals surface area contributed by atoms with Gasteiger partial charge in [0.2, 0.25) is 0 Å². The number of hydrogen-bond donors (Lipinski definition) is 2. The van der Waals surface area contributed by atoms with Gasteiger partial charge in [-0.15, -0.1) is 0 Å². The van der Waals surface area contributed by atoms with Crippen molar-refractivity contribution in [2.24, 2.45) is 11.7 Å². The molecule has 0 aromatic carbocycles. The normalized spacial score (nSPS) is 45.0. The maximum Gasteiger partial charge on any atom is 0.0110 e. The minimum atomic E-state index is 0.488. The van der Waals surface area contributed by atoms with Crippen LogP contribution in [0.2, 0.25) is 0 Å². The first kappa shape index (κ1) is 7.56. The Balaban J connectivity index is 1.99. The van der Waals surface area contributed by atoms with Crippen LogP contribution < -0.4 is 11.1 Å². The summed E-state index contributed by atoms with van der Waals surface area (Å²) in [6.07, 6.45) is 6.70. The second kappa shape index (κ2) is 3.11. The molecule has 0 aromatic rings. The van der Waals surface area contributed by atoms with Gasteiger partial charge in [-0.2, -0.15) is 0 Å². The third-order valence-electron chi connectivity index (χ3n) is 3.25. The molecule has 0 amide bonds. The highest BCUT2D eigenvalue weighted by atomic mass is 15.0. The Kier molecular flexibility index (Phi) is 2.14. The van der Waals surface area contributed by atoms with Gasteiger partial charge in [-0.3, -0.25) is 0 Å². The van der Waals surface area contributed by atoms with E-state index < -0.39 is 0 Å². The Morgan fingerprint density at radius 3 is 2.73 bits per heavy atom. The SMILES string of the molecule is N[C@@H]1CCN[C@H]2CCCC[C@@H]12. The van der Waals surface area contributed by atoms with Crippen LogP contribution in [0.4, 0.5) is 0 Å². The van der Waals surface area contributed by atoms with Crippen molar-refractivity contribution in [1.82, 2.24) is 5.32 Å². The number of nitrogens with two attached hydrogens (primary N) is 1. The van der Waals surface area contributed by atoms with Gasteiger partial charge >= 0.3 is 0 Å². The standard InChI is InChI=1S/C9H18N2/c10-8-5-6-11-9-4-2-1-3-7(8)9/h7-9,11H,1-6,10H2/t7-,8+,9-/m0/s1. The van der Waals surface area contributed by atoms with Crippen LogP contribution in [0.25, 0.3) is 0 Å². The van der Waals surface area contributed by atoms with E-state index in [9.17, 15) is 0 Å². The van der Waals surface area contributed by atoms with E-state index in [1.165, 1.54) is 32.1 Å². The monoisotopic (exact) mass is 154 g/mol. The average molecular weight is 154 g/mol. The van der Waals surface area contributed by atoms with Crippen molar-refractivity contribution in [3.63, 3.8) is 0 Å². The summed E-state index contributed by atoms with van der Waals surface area (Å²) in [5.74, 6) is 0.789. The Hall–Kier alpha value is -0.0800. The van der Waals surface area contributed by atoms with Crippen LogP contribution >= 0.6 is 0 Å². The van der Waals surface area contributed by atoms with Gasteiger partial charge < -0.3 is 11.1 Å². The molecule has 0 bridgehead atoms. The van der Waals surface area contributed by atoms with Crippen molar-refractivity contribution in [2.75, 3.05) is 6.54 Å². The quantitative estimate of drug-likeness (QED) is 0.543. The van der Waals surface area contributed by atoms with Crippen LogP contribution in [0.5, 0.6) is 0 Å². The van der Waals surface area contributed by atoms with E-state index in [0.29, 0.717) is 6.04 Å². The molecule has 1 aliphatic carbocycles. The number of nitrogens with one attached hydrogen (secondary N) is 1. The Morgan fingerprint density at radius 1 is 1.09 bits per heavy atom. The van der Waals surface area contributed by atoms with Crippen LogP contribution in [-0.2, 0) is 0 Å². The molecule has 11 heavy (non-hydrogen) atoms. The van der Waals surface area contributed by atoms with Gasteiger partial charge in [0.25, 0.3) is 0 Å². The van der Waals surface area contributed by atoms with Crippen molar-refractivity contribution in [3.8, 4) is 0 Å². The Labute approximate surface area is 68.5 Å². The fourth-order valence-corrected chi connectivity index (χ4v) is 2.57. The second-order valence-electron chi connectivity index (χ2n) is 3.96.